The van der Waals surface area contributed by atoms with E-state index in [2.05, 4.69) is 21.0 Å². The van der Waals surface area contributed by atoms with Gasteiger partial charge in [0.1, 0.15) is 5.75 Å². The van der Waals surface area contributed by atoms with Gasteiger partial charge in [0.15, 0.2) is 0 Å². The number of nitrogens with zero attached hydrogens (tertiary/aromatic N) is 2. The third-order valence-electron chi connectivity index (χ3n) is 2.91. The van der Waals surface area contributed by atoms with E-state index in [0.29, 0.717) is 0 Å². The van der Waals surface area contributed by atoms with E-state index in [1.807, 2.05) is 36.0 Å². The number of ether oxygens (including phenoxy) is 1. The van der Waals surface area contributed by atoms with Crippen molar-refractivity contribution in [3.63, 3.8) is 0 Å². The summed E-state index contributed by atoms with van der Waals surface area (Å²) in [6.07, 6.45) is 2.53. The van der Waals surface area contributed by atoms with Gasteiger partial charge in [0.25, 0.3) is 0 Å². The van der Waals surface area contributed by atoms with Gasteiger partial charge >= 0.3 is 0 Å². The molecule has 0 spiro atoms. The molecule has 0 radical (unpaired) electrons. The summed E-state index contributed by atoms with van der Waals surface area (Å²) in [5.41, 5.74) is 8.38. The maximum atomic E-state index is 6.19. The standard InChI is InChI=1S/C13H16BrN3O/c1-17-12(5-6-16-17)11(15)8-9-3-4-13(18-2)10(14)7-9/h3-7,11H,8,15H2,1-2H3. The Hall–Kier alpha value is -1.33. The first-order valence-corrected chi connectivity index (χ1v) is 6.47. The molecule has 0 bridgehead atoms. The highest BCUT2D eigenvalue weighted by atomic mass is 79.9. The Labute approximate surface area is 115 Å². The number of benzene rings is 1. The van der Waals surface area contributed by atoms with E-state index in [1.54, 1.807) is 13.3 Å². The quantitative estimate of drug-likeness (QED) is 0.943. The zero-order valence-corrected chi connectivity index (χ0v) is 12.0. The van der Waals surface area contributed by atoms with E-state index in [-0.39, 0.29) is 6.04 Å². The molecule has 2 aromatic rings. The summed E-state index contributed by atoms with van der Waals surface area (Å²) in [7, 11) is 3.56. The van der Waals surface area contributed by atoms with Crippen molar-refractivity contribution in [2.45, 2.75) is 12.5 Å². The fourth-order valence-electron chi connectivity index (χ4n) is 1.94. The van der Waals surface area contributed by atoms with Crippen molar-refractivity contribution in [1.29, 1.82) is 0 Å². The molecular formula is C13H16BrN3O. The van der Waals surface area contributed by atoms with Crippen LogP contribution in [-0.2, 0) is 13.5 Å². The van der Waals surface area contributed by atoms with E-state index >= 15 is 0 Å². The Bertz CT molecular complexity index is 539. The minimum absolute atomic E-state index is 0.0576. The molecule has 0 aliphatic carbocycles. The van der Waals surface area contributed by atoms with Crippen LogP contribution in [0.25, 0.3) is 0 Å². The van der Waals surface area contributed by atoms with Crippen LogP contribution in [0, 0.1) is 0 Å². The molecule has 2 rings (SSSR count). The van der Waals surface area contributed by atoms with Gasteiger partial charge < -0.3 is 10.5 Å². The summed E-state index contributed by atoms with van der Waals surface area (Å²) in [6, 6.07) is 7.89. The Balaban J connectivity index is 2.15. The minimum Gasteiger partial charge on any atom is -0.496 e. The molecule has 1 aromatic carbocycles. The second kappa shape index (κ2) is 5.54. The topological polar surface area (TPSA) is 53.1 Å². The van der Waals surface area contributed by atoms with Gasteiger partial charge in [-0.3, -0.25) is 4.68 Å². The fourth-order valence-corrected chi connectivity index (χ4v) is 2.53. The number of halogens is 1. The van der Waals surface area contributed by atoms with E-state index in [9.17, 15) is 0 Å². The Kier molecular flexibility index (Phi) is 4.04. The second-order valence-electron chi connectivity index (χ2n) is 4.16. The van der Waals surface area contributed by atoms with Gasteiger partial charge in [-0.2, -0.15) is 5.10 Å². The summed E-state index contributed by atoms with van der Waals surface area (Å²) in [6.45, 7) is 0. The Morgan fingerprint density at radius 1 is 1.44 bits per heavy atom. The first-order valence-electron chi connectivity index (χ1n) is 5.67. The number of aromatic nitrogens is 2. The normalized spacial score (nSPS) is 12.4. The van der Waals surface area contributed by atoms with Gasteiger partial charge in [0.2, 0.25) is 0 Å². The van der Waals surface area contributed by atoms with Crippen molar-refractivity contribution < 1.29 is 4.74 Å². The third-order valence-corrected chi connectivity index (χ3v) is 3.53. The highest BCUT2D eigenvalue weighted by Gasteiger charge is 2.11. The minimum atomic E-state index is -0.0576. The molecule has 0 saturated carbocycles. The van der Waals surface area contributed by atoms with Crippen LogP contribution in [0.2, 0.25) is 0 Å². The Morgan fingerprint density at radius 2 is 2.22 bits per heavy atom. The van der Waals surface area contributed by atoms with Gasteiger partial charge in [0.05, 0.1) is 23.3 Å². The van der Waals surface area contributed by atoms with Gasteiger partial charge in [-0.1, -0.05) is 6.07 Å². The van der Waals surface area contributed by atoms with E-state index in [1.165, 1.54) is 0 Å². The van der Waals surface area contributed by atoms with Crippen LogP contribution in [0.5, 0.6) is 5.75 Å². The van der Waals surface area contributed by atoms with Gasteiger partial charge in [0, 0.05) is 13.2 Å². The highest BCUT2D eigenvalue weighted by molar-refractivity contribution is 9.10. The molecule has 5 heteroatoms. The number of hydrogen-bond donors (Lipinski definition) is 1. The largest absolute Gasteiger partial charge is 0.496 e. The van der Waals surface area contributed by atoms with E-state index < -0.39 is 0 Å². The molecule has 1 heterocycles. The lowest BCUT2D eigenvalue weighted by molar-refractivity contribution is 0.412. The molecule has 1 unspecified atom stereocenters. The SMILES string of the molecule is COc1ccc(CC(N)c2ccnn2C)cc1Br. The molecule has 0 amide bonds. The molecule has 1 atom stereocenters. The molecule has 0 saturated heterocycles. The fraction of sp³-hybridized carbons (Fsp3) is 0.308. The zero-order valence-electron chi connectivity index (χ0n) is 10.4. The molecule has 2 N–H and O–H groups in total. The van der Waals surface area contributed by atoms with Crippen molar-refractivity contribution in [3.8, 4) is 5.75 Å². The predicted molar refractivity (Wildman–Crippen MR) is 74.5 cm³/mol. The number of rotatable bonds is 4. The number of methoxy groups -OCH3 is 1. The zero-order chi connectivity index (χ0) is 13.1. The lowest BCUT2D eigenvalue weighted by atomic mass is 10.0. The summed E-state index contributed by atoms with van der Waals surface area (Å²) in [4.78, 5) is 0. The van der Waals surface area contributed by atoms with Gasteiger partial charge in [-0.05, 0) is 46.1 Å². The van der Waals surface area contributed by atoms with Crippen LogP contribution in [0.3, 0.4) is 0 Å². The Morgan fingerprint density at radius 3 is 2.78 bits per heavy atom. The smallest absolute Gasteiger partial charge is 0.133 e. The monoisotopic (exact) mass is 309 g/mol. The van der Waals surface area contributed by atoms with Crippen molar-refractivity contribution in [3.05, 3.63) is 46.2 Å². The van der Waals surface area contributed by atoms with Crippen molar-refractivity contribution in [2.75, 3.05) is 7.11 Å². The first kappa shape index (κ1) is 13.1. The molecule has 4 nitrogen and oxygen atoms in total. The second-order valence-corrected chi connectivity index (χ2v) is 5.01. The van der Waals surface area contributed by atoms with Crippen molar-refractivity contribution >= 4 is 15.9 Å². The van der Waals surface area contributed by atoms with Crippen LogP contribution in [0.4, 0.5) is 0 Å². The van der Waals surface area contributed by atoms with Crippen molar-refractivity contribution in [2.24, 2.45) is 12.8 Å². The van der Waals surface area contributed by atoms with Crippen LogP contribution in [0.15, 0.2) is 34.9 Å². The predicted octanol–water partition coefficient (Wildman–Crippen LogP) is 2.43. The van der Waals surface area contributed by atoms with Gasteiger partial charge in [-0.15, -0.1) is 0 Å². The first-order chi connectivity index (χ1) is 8.61. The molecule has 18 heavy (non-hydrogen) atoms. The third kappa shape index (κ3) is 2.73. The lowest BCUT2D eigenvalue weighted by Crippen LogP contribution is -2.17. The average Bonchev–Trinajstić information content (AvgIpc) is 2.76. The molecule has 1 aromatic heterocycles. The molecule has 96 valence electrons. The molecule has 0 aliphatic heterocycles. The van der Waals surface area contributed by atoms with Crippen LogP contribution >= 0.6 is 15.9 Å². The number of hydrogen-bond acceptors (Lipinski definition) is 3. The van der Waals surface area contributed by atoms with E-state index in [4.69, 9.17) is 10.5 Å². The maximum absolute atomic E-state index is 6.19. The van der Waals surface area contributed by atoms with Crippen molar-refractivity contribution in [1.82, 2.24) is 9.78 Å². The summed E-state index contributed by atoms with van der Waals surface area (Å²) in [5, 5.41) is 4.13. The summed E-state index contributed by atoms with van der Waals surface area (Å²) < 4.78 is 7.96. The molecule has 0 fully saturated rings. The maximum Gasteiger partial charge on any atom is 0.133 e. The highest BCUT2D eigenvalue weighted by Crippen LogP contribution is 2.27. The number of nitrogens with two attached hydrogens (primary N) is 1. The average molecular weight is 310 g/mol. The van der Waals surface area contributed by atoms with Crippen LogP contribution in [0.1, 0.15) is 17.3 Å². The number of aryl methyl sites for hydroxylation is 1. The van der Waals surface area contributed by atoms with Crippen LogP contribution < -0.4 is 10.5 Å². The van der Waals surface area contributed by atoms with E-state index in [0.717, 1.165) is 27.9 Å². The summed E-state index contributed by atoms with van der Waals surface area (Å²) in [5.74, 6) is 0.827. The van der Waals surface area contributed by atoms with Crippen LogP contribution in [-0.4, -0.2) is 16.9 Å². The lowest BCUT2D eigenvalue weighted by Gasteiger charge is -2.13. The molecular weight excluding hydrogens is 294 g/mol. The molecule has 0 aliphatic rings. The van der Waals surface area contributed by atoms with Gasteiger partial charge in [-0.25, -0.2) is 0 Å². The summed E-state index contributed by atoms with van der Waals surface area (Å²) >= 11 is 3.48.